The molecule has 1 aliphatic heterocycles. The molecule has 32 heavy (non-hydrogen) atoms. The number of aryl methyl sites for hydroxylation is 2. The Bertz CT molecular complexity index is 1150. The van der Waals surface area contributed by atoms with E-state index in [1.165, 1.54) is 27.1 Å². The first kappa shape index (κ1) is 22.3. The lowest BCUT2D eigenvalue weighted by Crippen LogP contribution is -3.12. The van der Waals surface area contributed by atoms with E-state index in [-0.39, 0.29) is 5.02 Å². The van der Waals surface area contributed by atoms with Crippen molar-refractivity contribution in [3.05, 3.63) is 39.1 Å². The standard InChI is InChI=1S/C21H20ClF3N4OS2/c22-14-9-12(21(23,24)25)10-26-18(14)32-20-17-13-3-1-2-4-15(13)31-19(17)27-16(28-20)11-29-5-7-30-8-6-29/h9-10H,1-8,11H2/p+1. The van der Waals surface area contributed by atoms with Crippen molar-refractivity contribution in [3.8, 4) is 0 Å². The summed E-state index contributed by atoms with van der Waals surface area (Å²) in [7, 11) is 0. The number of morpholine rings is 1. The molecule has 1 aliphatic carbocycles. The summed E-state index contributed by atoms with van der Waals surface area (Å²) in [5, 5.41) is 2.03. The Morgan fingerprint density at radius 2 is 1.91 bits per heavy atom. The predicted octanol–water partition coefficient (Wildman–Crippen LogP) is 4.20. The van der Waals surface area contributed by atoms with Crippen molar-refractivity contribution in [2.45, 2.75) is 48.5 Å². The largest absolute Gasteiger partial charge is 0.417 e. The van der Waals surface area contributed by atoms with Gasteiger partial charge < -0.3 is 9.64 Å². The van der Waals surface area contributed by atoms with Gasteiger partial charge in [0, 0.05) is 16.5 Å². The maximum Gasteiger partial charge on any atom is 0.417 e. The molecule has 3 aromatic rings. The molecule has 170 valence electrons. The molecule has 5 nitrogen and oxygen atoms in total. The van der Waals surface area contributed by atoms with Gasteiger partial charge in [0.05, 0.1) is 23.8 Å². The van der Waals surface area contributed by atoms with Gasteiger partial charge in [0.1, 0.15) is 34.5 Å². The molecular formula is C21H21ClF3N4OS2+. The van der Waals surface area contributed by atoms with Gasteiger partial charge in [0.25, 0.3) is 0 Å². The van der Waals surface area contributed by atoms with E-state index in [4.69, 9.17) is 26.3 Å². The van der Waals surface area contributed by atoms with Crippen molar-refractivity contribution in [1.29, 1.82) is 0 Å². The monoisotopic (exact) mass is 501 g/mol. The second-order valence-electron chi connectivity index (χ2n) is 7.99. The highest BCUT2D eigenvalue weighted by atomic mass is 35.5. The minimum atomic E-state index is -4.48. The van der Waals surface area contributed by atoms with Crippen LogP contribution in [0.3, 0.4) is 0 Å². The lowest BCUT2D eigenvalue weighted by molar-refractivity contribution is -0.922. The second-order valence-corrected chi connectivity index (χ2v) is 10.5. The molecule has 0 aromatic carbocycles. The fourth-order valence-corrected chi connectivity index (χ4v) is 6.67. The number of aromatic nitrogens is 3. The summed E-state index contributed by atoms with van der Waals surface area (Å²) >= 11 is 9.15. The van der Waals surface area contributed by atoms with Crippen molar-refractivity contribution in [2.75, 3.05) is 26.3 Å². The number of ether oxygens (including phenoxy) is 1. The van der Waals surface area contributed by atoms with Crippen LogP contribution in [0, 0.1) is 0 Å². The van der Waals surface area contributed by atoms with Gasteiger partial charge in [0.2, 0.25) is 0 Å². The number of alkyl halides is 3. The fraction of sp³-hybridized carbons (Fsp3) is 0.476. The summed E-state index contributed by atoms with van der Waals surface area (Å²) in [4.78, 5) is 17.4. The van der Waals surface area contributed by atoms with Crippen LogP contribution in [0.1, 0.15) is 34.7 Å². The van der Waals surface area contributed by atoms with E-state index >= 15 is 0 Å². The van der Waals surface area contributed by atoms with E-state index in [9.17, 15) is 13.2 Å². The van der Waals surface area contributed by atoms with Gasteiger partial charge in [-0.25, -0.2) is 15.0 Å². The Morgan fingerprint density at radius 1 is 1.12 bits per heavy atom. The zero-order chi connectivity index (χ0) is 22.3. The minimum Gasteiger partial charge on any atom is -0.370 e. The smallest absolute Gasteiger partial charge is 0.370 e. The van der Waals surface area contributed by atoms with Gasteiger partial charge in [-0.3, -0.25) is 0 Å². The van der Waals surface area contributed by atoms with Gasteiger partial charge in [-0.2, -0.15) is 13.2 Å². The minimum absolute atomic E-state index is 0.0268. The molecule has 11 heteroatoms. The predicted molar refractivity (Wildman–Crippen MR) is 118 cm³/mol. The molecular weight excluding hydrogens is 481 g/mol. The highest BCUT2D eigenvalue weighted by molar-refractivity contribution is 7.99. The van der Waals surface area contributed by atoms with E-state index in [0.717, 1.165) is 85.3 Å². The summed E-state index contributed by atoms with van der Waals surface area (Å²) in [6, 6.07) is 0.928. The molecule has 5 rings (SSSR count). The van der Waals surface area contributed by atoms with Crippen LogP contribution >= 0.6 is 34.7 Å². The highest BCUT2D eigenvalue weighted by Gasteiger charge is 2.32. The highest BCUT2D eigenvalue weighted by Crippen LogP contribution is 2.43. The van der Waals surface area contributed by atoms with Crippen LogP contribution in [0.25, 0.3) is 10.2 Å². The second kappa shape index (κ2) is 9.06. The molecule has 1 fully saturated rings. The number of pyridine rings is 1. The average Bonchev–Trinajstić information content (AvgIpc) is 3.13. The first-order valence-corrected chi connectivity index (χ1v) is 12.5. The van der Waals surface area contributed by atoms with Gasteiger partial charge in [-0.05, 0) is 49.1 Å². The molecule has 0 saturated carbocycles. The summed E-state index contributed by atoms with van der Waals surface area (Å²) in [6.07, 6.45) is 0.615. The van der Waals surface area contributed by atoms with E-state index < -0.39 is 11.7 Å². The quantitative estimate of drug-likeness (QED) is 0.543. The summed E-state index contributed by atoms with van der Waals surface area (Å²) in [6.45, 7) is 3.92. The number of nitrogens with zero attached hydrogens (tertiary/aromatic N) is 3. The Kier molecular flexibility index (Phi) is 6.32. The number of thiophene rings is 1. The van der Waals surface area contributed by atoms with E-state index in [1.807, 2.05) is 0 Å². The van der Waals surface area contributed by atoms with Crippen molar-refractivity contribution in [2.24, 2.45) is 0 Å². The third-order valence-corrected chi connectivity index (χ3v) is 8.36. The third kappa shape index (κ3) is 4.61. The van der Waals surface area contributed by atoms with Crippen molar-refractivity contribution < 1.29 is 22.8 Å². The number of halogens is 4. The van der Waals surface area contributed by atoms with E-state index in [1.54, 1.807) is 11.3 Å². The van der Waals surface area contributed by atoms with Crippen molar-refractivity contribution in [1.82, 2.24) is 15.0 Å². The first-order valence-electron chi connectivity index (χ1n) is 10.5. The molecule has 3 aromatic heterocycles. The van der Waals surface area contributed by atoms with Crippen LogP contribution in [0.5, 0.6) is 0 Å². The normalized spacial score (nSPS) is 17.6. The average molecular weight is 502 g/mol. The lowest BCUT2D eigenvalue weighted by atomic mass is 9.97. The van der Waals surface area contributed by atoms with Gasteiger partial charge in [-0.1, -0.05) is 11.6 Å². The molecule has 0 bridgehead atoms. The van der Waals surface area contributed by atoms with Crippen LogP contribution in [0.4, 0.5) is 13.2 Å². The molecule has 4 heterocycles. The Balaban J connectivity index is 1.54. The summed E-state index contributed by atoms with van der Waals surface area (Å²) in [5.41, 5.74) is 0.413. The SMILES string of the molecule is FC(F)(F)c1cnc(Sc2nc(C[NH+]3CCOCC3)nc3sc4c(c23)CCCC4)c(Cl)c1. The number of hydrogen-bond acceptors (Lipinski definition) is 6. The van der Waals surface area contributed by atoms with Crippen LogP contribution in [-0.2, 0) is 30.3 Å². The first-order chi connectivity index (χ1) is 15.4. The number of nitrogens with one attached hydrogen (secondary N) is 1. The summed E-state index contributed by atoms with van der Waals surface area (Å²) in [5.74, 6) is 0.735. The topological polar surface area (TPSA) is 52.3 Å². The maximum absolute atomic E-state index is 13.0. The van der Waals surface area contributed by atoms with Crippen molar-refractivity contribution in [3.63, 3.8) is 0 Å². The van der Waals surface area contributed by atoms with Crippen LogP contribution < -0.4 is 4.90 Å². The van der Waals surface area contributed by atoms with Gasteiger partial charge in [-0.15, -0.1) is 11.3 Å². The van der Waals surface area contributed by atoms with Gasteiger partial charge in [0.15, 0.2) is 5.82 Å². The molecule has 0 amide bonds. The molecule has 0 atom stereocenters. The Hall–Kier alpha value is -1.46. The maximum atomic E-state index is 13.0. The van der Waals surface area contributed by atoms with Crippen molar-refractivity contribution >= 4 is 44.9 Å². The fourth-order valence-electron chi connectivity index (χ4n) is 4.13. The zero-order valence-electron chi connectivity index (χ0n) is 17.1. The third-order valence-electron chi connectivity index (χ3n) is 5.76. The molecule has 1 N–H and O–H groups in total. The summed E-state index contributed by atoms with van der Waals surface area (Å²) < 4.78 is 44.5. The zero-order valence-corrected chi connectivity index (χ0v) is 19.5. The molecule has 0 radical (unpaired) electrons. The van der Waals surface area contributed by atoms with E-state index in [2.05, 4.69) is 4.98 Å². The Labute approximate surface area is 196 Å². The van der Waals surface area contributed by atoms with Crippen LogP contribution in [0.15, 0.2) is 22.3 Å². The Morgan fingerprint density at radius 3 is 2.66 bits per heavy atom. The number of quaternary nitrogens is 1. The lowest BCUT2D eigenvalue weighted by Gasteiger charge is -2.23. The molecule has 2 aliphatic rings. The molecule has 0 unspecified atom stereocenters. The molecule has 0 spiro atoms. The number of hydrogen-bond donors (Lipinski definition) is 1. The van der Waals surface area contributed by atoms with E-state index in [0.29, 0.717) is 11.6 Å². The molecule has 1 saturated heterocycles. The number of rotatable bonds is 4. The van der Waals surface area contributed by atoms with Crippen LogP contribution in [0.2, 0.25) is 5.02 Å². The number of fused-ring (bicyclic) bond motifs is 3. The van der Waals surface area contributed by atoms with Gasteiger partial charge >= 0.3 is 6.18 Å². The van der Waals surface area contributed by atoms with Crippen LogP contribution in [-0.4, -0.2) is 41.3 Å².